The Bertz CT molecular complexity index is 347. The fraction of sp³-hybridized carbons (Fsp3) is 0.600. The lowest BCUT2D eigenvalue weighted by Gasteiger charge is -2.22. The lowest BCUT2D eigenvalue weighted by molar-refractivity contribution is -0.124. The van der Waals surface area contributed by atoms with E-state index < -0.39 is 0 Å². The number of hydrogen-bond donors (Lipinski definition) is 3. The third-order valence-corrected chi connectivity index (χ3v) is 2.76. The minimum atomic E-state index is -0.0481. The number of hydrogen-bond acceptors (Lipinski definition) is 3. The molecule has 2 heterocycles. The Kier molecular flexibility index (Phi) is 3.01. The minimum Gasteiger partial charge on any atom is -0.355 e. The van der Waals surface area contributed by atoms with E-state index in [1.54, 1.807) is 6.20 Å². The number of amides is 1. The van der Waals surface area contributed by atoms with Crippen LogP contribution in [0.5, 0.6) is 0 Å². The monoisotopic (exact) mass is 208 g/mol. The van der Waals surface area contributed by atoms with Crippen LogP contribution in [0, 0.1) is 6.92 Å². The van der Waals surface area contributed by atoms with Crippen molar-refractivity contribution in [3.63, 3.8) is 0 Å². The van der Waals surface area contributed by atoms with E-state index >= 15 is 0 Å². The van der Waals surface area contributed by atoms with Gasteiger partial charge in [0.05, 0.1) is 12.2 Å². The maximum Gasteiger partial charge on any atom is 0.237 e. The number of aromatic amines is 1. The van der Waals surface area contributed by atoms with Gasteiger partial charge in [-0.25, -0.2) is 0 Å². The molecule has 0 radical (unpaired) electrons. The highest BCUT2D eigenvalue weighted by Crippen LogP contribution is 2.06. The number of nitrogens with one attached hydrogen (secondary N) is 3. The van der Waals surface area contributed by atoms with Gasteiger partial charge < -0.3 is 10.6 Å². The Labute approximate surface area is 88.6 Å². The Hall–Kier alpha value is -1.36. The van der Waals surface area contributed by atoms with Crippen LogP contribution < -0.4 is 10.6 Å². The van der Waals surface area contributed by atoms with Crippen molar-refractivity contribution < 1.29 is 4.79 Å². The van der Waals surface area contributed by atoms with Crippen molar-refractivity contribution in [3.05, 3.63) is 17.5 Å². The summed E-state index contributed by atoms with van der Waals surface area (Å²) < 4.78 is 0. The quantitative estimate of drug-likeness (QED) is 0.659. The van der Waals surface area contributed by atoms with E-state index in [1.165, 1.54) is 0 Å². The summed E-state index contributed by atoms with van der Waals surface area (Å²) in [5.41, 5.74) is 2.17. The largest absolute Gasteiger partial charge is 0.355 e. The predicted molar refractivity (Wildman–Crippen MR) is 56.2 cm³/mol. The van der Waals surface area contributed by atoms with Crippen LogP contribution in [-0.2, 0) is 11.3 Å². The Balaban J connectivity index is 1.87. The molecular weight excluding hydrogens is 192 g/mol. The Morgan fingerprint density at radius 1 is 1.67 bits per heavy atom. The molecule has 2 rings (SSSR count). The first-order valence-electron chi connectivity index (χ1n) is 5.27. The summed E-state index contributed by atoms with van der Waals surface area (Å²) in [6.45, 7) is 3.48. The van der Waals surface area contributed by atoms with Crippen molar-refractivity contribution in [2.75, 3.05) is 6.54 Å². The van der Waals surface area contributed by atoms with Crippen molar-refractivity contribution in [1.82, 2.24) is 20.8 Å². The number of aromatic nitrogens is 2. The zero-order valence-electron chi connectivity index (χ0n) is 8.84. The molecule has 1 unspecified atom stereocenters. The summed E-state index contributed by atoms with van der Waals surface area (Å²) in [5, 5.41) is 12.9. The van der Waals surface area contributed by atoms with Gasteiger partial charge in [-0.15, -0.1) is 0 Å². The molecule has 1 aromatic rings. The highest BCUT2D eigenvalue weighted by atomic mass is 16.2. The van der Waals surface area contributed by atoms with Crippen molar-refractivity contribution >= 4 is 5.91 Å². The highest BCUT2D eigenvalue weighted by molar-refractivity contribution is 5.82. The average Bonchev–Trinajstić information content (AvgIpc) is 2.63. The normalized spacial score (nSPS) is 21.4. The second-order valence-electron chi connectivity index (χ2n) is 3.89. The van der Waals surface area contributed by atoms with E-state index in [-0.39, 0.29) is 11.9 Å². The van der Waals surface area contributed by atoms with E-state index in [1.807, 2.05) is 6.92 Å². The molecule has 0 spiro atoms. The van der Waals surface area contributed by atoms with Crippen LogP contribution in [0.2, 0.25) is 0 Å². The average molecular weight is 208 g/mol. The van der Waals surface area contributed by atoms with Gasteiger partial charge in [-0.2, -0.15) is 5.10 Å². The molecule has 1 saturated heterocycles. The van der Waals surface area contributed by atoms with Crippen LogP contribution >= 0.6 is 0 Å². The van der Waals surface area contributed by atoms with Crippen LogP contribution in [0.4, 0.5) is 0 Å². The third kappa shape index (κ3) is 2.36. The molecule has 0 saturated carbocycles. The first kappa shape index (κ1) is 10.2. The molecule has 5 nitrogen and oxygen atoms in total. The molecule has 0 aliphatic carbocycles. The molecule has 0 aromatic carbocycles. The number of H-pyrrole nitrogens is 1. The SMILES string of the molecule is Cc1[nH]ncc1CNC1CCCNC1=O. The van der Waals surface area contributed by atoms with Crippen molar-refractivity contribution in [2.24, 2.45) is 0 Å². The molecule has 82 valence electrons. The van der Waals surface area contributed by atoms with Crippen LogP contribution in [-0.4, -0.2) is 28.7 Å². The topological polar surface area (TPSA) is 69.8 Å². The first-order chi connectivity index (χ1) is 7.27. The molecule has 5 heteroatoms. The summed E-state index contributed by atoms with van der Waals surface area (Å²) in [6.07, 6.45) is 3.76. The standard InChI is InChI=1S/C10H16N4O/c1-7-8(6-13-14-7)5-12-9-3-2-4-11-10(9)15/h6,9,12H,2-5H2,1H3,(H,11,15)(H,13,14). The van der Waals surface area contributed by atoms with Gasteiger partial charge in [-0.1, -0.05) is 0 Å². The number of piperidine rings is 1. The molecule has 3 N–H and O–H groups in total. The fourth-order valence-corrected chi connectivity index (χ4v) is 1.75. The zero-order chi connectivity index (χ0) is 10.7. The molecule has 1 atom stereocenters. The number of nitrogens with zero attached hydrogens (tertiary/aromatic N) is 1. The van der Waals surface area contributed by atoms with Crippen molar-refractivity contribution in [2.45, 2.75) is 32.4 Å². The second-order valence-corrected chi connectivity index (χ2v) is 3.89. The second kappa shape index (κ2) is 4.44. The van der Waals surface area contributed by atoms with Crippen LogP contribution in [0.1, 0.15) is 24.1 Å². The number of rotatable bonds is 3. The highest BCUT2D eigenvalue weighted by Gasteiger charge is 2.21. The van der Waals surface area contributed by atoms with Crippen LogP contribution in [0.3, 0.4) is 0 Å². The lowest BCUT2D eigenvalue weighted by atomic mass is 10.1. The van der Waals surface area contributed by atoms with Gasteiger partial charge in [-0.3, -0.25) is 9.89 Å². The minimum absolute atomic E-state index is 0.0481. The van der Waals surface area contributed by atoms with Gasteiger partial charge in [0.2, 0.25) is 5.91 Å². The van der Waals surface area contributed by atoms with E-state index in [2.05, 4.69) is 20.8 Å². The van der Waals surface area contributed by atoms with Gasteiger partial charge >= 0.3 is 0 Å². The lowest BCUT2D eigenvalue weighted by Crippen LogP contribution is -2.47. The van der Waals surface area contributed by atoms with Gasteiger partial charge in [0, 0.05) is 24.3 Å². The summed E-state index contributed by atoms with van der Waals surface area (Å²) in [5.74, 6) is 0.113. The predicted octanol–water partition coefficient (Wildman–Crippen LogP) is 0.0863. The maximum atomic E-state index is 11.4. The van der Waals surface area contributed by atoms with Crippen molar-refractivity contribution in [1.29, 1.82) is 0 Å². The van der Waals surface area contributed by atoms with Gasteiger partial charge in [0.15, 0.2) is 0 Å². The summed E-state index contributed by atoms with van der Waals surface area (Å²) in [6, 6.07) is -0.0481. The first-order valence-corrected chi connectivity index (χ1v) is 5.27. The number of carbonyl (C=O) groups is 1. The zero-order valence-corrected chi connectivity index (χ0v) is 8.84. The molecule has 1 aliphatic heterocycles. The summed E-state index contributed by atoms with van der Waals surface area (Å²) >= 11 is 0. The Morgan fingerprint density at radius 2 is 2.53 bits per heavy atom. The van der Waals surface area contributed by atoms with Crippen LogP contribution in [0.25, 0.3) is 0 Å². The van der Waals surface area contributed by atoms with Gasteiger partial charge in [-0.05, 0) is 19.8 Å². The fourth-order valence-electron chi connectivity index (χ4n) is 1.75. The third-order valence-electron chi connectivity index (χ3n) is 2.76. The molecule has 1 aromatic heterocycles. The van der Waals surface area contributed by atoms with Crippen LogP contribution in [0.15, 0.2) is 6.20 Å². The molecule has 1 amide bonds. The molecule has 0 bridgehead atoms. The van der Waals surface area contributed by atoms with Crippen molar-refractivity contribution in [3.8, 4) is 0 Å². The number of carbonyl (C=O) groups excluding carboxylic acids is 1. The van der Waals surface area contributed by atoms with Gasteiger partial charge in [0.1, 0.15) is 0 Å². The van der Waals surface area contributed by atoms with E-state index in [9.17, 15) is 4.79 Å². The molecular formula is C10H16N4O. The summed E-state index contributed by atoms with van der Waals surface area (Å²) in [7, 11) is 0. The smallest absolute Gasteiger partial charge is 0.237 e. The summed E-state index contributed by atoms with van der Waals surface area (Å²) in [4.78, 5) is 11.4. The molecule has 1 fully saturated rings. The Morgan fingerprint density at radius 3 is 3.20 bits per heavy atom. The molecule has 15 heavy (non-hydrogen) atoms. The van der Waals surface area contributed by atoms with E-state index in [4.69, 9.17) is 0 Å². The number of aryl methyl sites for hydroxylation is 1. The maximum absolute atomic E-state index is 11.4. The van der Waals surface area contributed by atoms with E-state index in [0.29, 0.717) is 6.54 Å². The molecule has 1 aliphatic rings. The van der Waals surface area contributed by atoms with Gasteiger partial charge in [0.25, 0.3) is 0 Å². The van der Waals surface area contributed by atoms with E-state index in [0.717, 1.165) is 30.6 Å².